The molecule has 35 heavy (non-hydrogen) atoms. The van der Waals surface area contributed by atoms with Crippen molar-refractivity contribution in [1.29, 1.82) is 0 Å². The number of aromatic nitrogens is 2. The molecular weight excluding hydrogens is 508 g/mol. The highest BCUT2D eigenvalue weighted by Crippen LogP contribution is 2.35. The summed E-state index contributed by atoms with van der Waals surface area (Å²) in [5.41, 5.74) is 9.12. The van der Waals surface area contributed by atoms with Crippen LogP contribution in [-0.4, -0.2) is 67.5 Å². The number of rotatable bonds is 11. The number of carboxylic acid groups (broad SMARTS) is 1. The maximum Gasteiger partial charge on any atom is 0.362 e. The van der Waals surface area contributed by atoms with Crippen molar-refractivity contribution in [2.75, 3.05) is 5.73 Å². The minimum atomic E-state index is -4.92. The van der Waals surface area contributed by atoms with E-state index in [1.165, 1.54) is 25.3 Å². The smallest absolute Gasteiger partial charge is 0.362 e. The first-order chi connectivity index (χ1) is 16.2. The van der Waals surface area contributed by atoms with Crippen LogP contribution >= 0.6 is 11.3 Å². The van der Waals surface area contributed by atoms with Crippen molar-refractivity contribution in [3.63, 3.8) is 0 Å². The summed E-state index contributed by atoms with van der Waals surface area (Å²) in [7, 11) is -4.92. The largest absolute Gasteiger partial charge is 0.478 e. The van der Waals surface area contributed by atoms with Gasteiger partial charge in [-0.25, -0.2) is 14.1 Å². The first kappa shape index (κ1) is 26.2. The fraction of sp³-hybridized carbons (Fsp3) is 0.444. The third kappa shape index (κ3) is 5.64. The topological polar surface area (TPSA) is 242 Å². The Morgan fingerprint density at radius 1 is 1.40 bits per heavy atom. The van der Waals surface area contributed by atoms with Crippen molar-refractivity contribution < 1.29 is 41.8 Å². The van der Waals surface area contributed by atoms with Crippen LogP contribution in [0.4, 0.5) is 5.13 Å². The number of Topliss-reactive ketones (excluding diaryl/α,β-unsaturated/α-hetero) is 1. The minimum Gasteiger partial charge on any atom is -0.478 e. The van der Waals surface area contributed by atoms with Crippen LogP contribution in [0, 0.1) is 5.92 Å². The molecule has 3 heterocycles. The second kappa shape index (κ2) is 9.68. The van der Waals surface area contributed by atoms with E-state index < -0.39 is 57.7 Å². The number of thiazole rings is 1. The second-order valence-corrected chi connectivity index (χ2v) is 10.2. The Morgan fingerprint density at radius 2 is 2.09 bits per heavy atom. The van der Waals surface area contributed by atoms with Crippen molar-refractivity contribution in [2.45, 2.75) is 44.9 Å². The SMILES string of the molecule is CC(C)(O/N=C(\C(=O)C[C@@H]1C(=O)N(S(=O)(=O)O)[C@@H]1Cc1cc(CN)on1)c1csc(N)n1)C(=O)O. The van der Waals surface area contributed by atoms with Gasteiger partial charge < -0.3 is 25.9 Å². The van der Waals surface area contributed by atoms with Gasteiger partial charge in [-0.1, -0.05) is 10.3 Å². The number of carbonyl (C=O) groups is 3. The van der Waals surface area contributed by atoms with E-state index in [1.807, 2.05) is 0 Å². The number of hydrogen-bond donors (Lipinski definition) is 4. The molecule has 0 unspecified atom stereocenters. The first-order valence-electron chi connectivity index (χ1n) is 9.94. The van der Waals surface area contributed by atoms with E-state index in [-0.39, 0.29) is 33.8 Å². The second-order valence-electron chi connectivity index (χ2n) is 8.02. The van der Waals surface area contributed by atoms with Crippen LogP contribution in [0.1, 0.15) is 37.4 Å². The summed E-state index contributed by atoms with van der Waals surface area (Å²) in [4.78, 5) is 46.0. The molecule has 6 N–H and O–H groups in total. The van der Waals surface area contributed by atoms with Gasteiger partial charge in [-0.3, -0.25) is 14.1 Å². The quantitative estimate of drug-likeness (QED) is 0.125. The molecule has 0 saturated carbocycles. The molecule has 0 bridgehead atoms. The van der Waals surface area contributed by atoms with E-state index in [0.717, 1.165) is 11.3 Å². The predicted octanol–water partition coefficient (Wildman–Crippen LogP) is -0.412. The van der Waals surface area contributed by atoms with Crippen molar-refractivity contribution in [1.82, 2.24) is 14.4 Å². The summed E-state index contributed by atoms with van der Waals surface area (Å²) in [5, 5.41) is 18.1. The molecule has 2 aromatic heterocycles. The minimum absolute atomic E-state index is 0.0160. The Hall–Kier alpha value is -3.41. The molecule has 1 aliphatic heterocycles. The van der Waals surface area contributed by atoms with Crippen molar-refractivity contribution in [3.05, 3.63) is 28.6 Å². The highest BCUT2D eigenvalue weighted by atomic mass is 32.2. The van der Waals surface area contributed by atoms with Gasteiger partial charge in [-0.05, 0) is 13.8 Å². The van der Waals surface area contributed by atoms with Gasteiger partial charge in [0.05, 0.1) is 24.2 Å². The van der Waals surface area contributed by atoms with Gasteiger partial charge in [0.1, 0.15) is 5.69 Å². The highest BCUT2D eigenvalue weighted by Gasteiger charge is 2.54. The molecule has 3 rings (SSSR count). The Labute approximate surface area is 202 Å². The van der Waals surface area contributed by atoms with Crippen LogP contribution in [0.5, 0.6) is 0 Å². The number of nitrogen functional groups attached to an aromatic ring is 1. The van der Waals surface area contributed by atoms with Crippen molar-refractivity contribution in [2.24, 2.45) is 16.8 Å². The zero-order chi connectivity index (χ0) is 26.1. The summed E-state index contributed by atoms with van der Waals surface area (Å²) < 4.78 is 38.2. The fourth-order valence-electron chi connectivity index (χ4n) is 3.20. The van der Waals surface area contributed by atoms with E-state index in [2.05, 4.69) is 15.3 Å². The lowest BCUT2D eigenvalue weighted by Gasteiger charge is -2.43. The van der Waals surface area contributed by atoms with E-state index >= 15 is 0 Å². The van der Waals surface area contributed by atoms with Crippen molar-refractivity contribution >= 4 is 50.1 Å². The molecule has 1 amide bonds. The molecule has 0 radical (unpaired) electrons. The molecule has 2 atom stereocenters. The van der Waals surface area contributed by atoms with Crippen LogP contribution in [0.2, 0.25) is 0 Å². The summed E-state index contributed by atoms with van der Waals surface area (Å²) in [5.74, 6) is -4.04. The van der Waals surface area contributed by atoms with Gasteiger partial charge in [0.15, 0.2) is 22.4 Å². The Morgan fingerprint density at radius 3 is 2.60 bits per heavy atom. The number of ketones is 1. The van der Waals surface area contributed by atoms with E-state index in [1.54, 1.807) is 0 Å². The number of amides is 1. The summed E-state index contributed by atoms with van der Waals surface area (Å²) >= 11 is 0.985. The third-order valence-corrected chi connectivity index (χ3v) is 6.71. The van der Waals surface area contributed by atoms with E-state index in [9.17, 15) is 32.5 Å². The monoisotopic (exact) mass is 530 g/mol. The van der Waals surface area contributed by atoms with Crippen LogP contribution in [0.15, 0.2) is 21.1 Å². The van der Waals surface area contributed by atoms with Gasteiger partial charge >= 0.3 is 16.3 Å². The number of β-lactam (4-membered cyclic amide) rings is 1. The lowest BCUT2D eigenvalue weighted by molar-refractivity contribution is -0.161. The molecule has 1 saturated heterocycles. The Kier molecular flexibility index (Phi) is 7.25. The van der Waals surface area contributed by atoms with E-state index in [0.29, 0.717) is 5.76 Å². The number of hydrogen-bond acceptors (Lipinski definition) is 13. The van der Waals surface area contributed by atoms with Gasteiger partial charge in [0, 0.05) is 24.3 Å². The highest BCUT2D eigenvalue weighted by molar-refractivity contribution is 7.84. The number of oxime groups is 1. The van der Waals surface area contributed by atoms with Crippen LogP contribution in [0.3, 0.4) is 0 Å². The zero-order valence-electron chi connectivity index (χ0n) is 18.4. The molecule has 0 aromatic carbocycles. The third-order valence-electron chi connectivity index (χ3n) is 5.09. The van der Waals surface area contributed by atoms with Gasteiger partial charge in [0.2, 0.25) is 11.5 Å². The molecule has 0 spiro atoms. The van der Waals surface area contributed by atoms with Crippen LogP contribution in [-0.2, 0) is 42.5 Å². The lowest BCUT2D eigenvalue weighted by Crippen LogP contribution is -2.64. The average Bonchev–Trinajstić information content (AvgIpc) is 3.39. The molecule has 2 aromatic rings. The molecule has 15 nitrogen and oxygen atoms in total. The molecule has 190 valence electrons. The van der Waals surface area contributed by atoms with Gasteiger partial charge in [-0.15, -0.1) is 11.3 Å². The summed E-state index contributed by atoms with van der Waals surface area (Å²) in [6.45, 7) is 2.45. The standard InChI is InChI=1S/C18H22N6O9S2/c1-18(2,16(27)28)33-23-14(11-7-34-17(20)21-11)13(25)5-10-12(24(15(10)26)35(29,30)31)4-8-3-9(6-19)32-22-8/h3,7,10,12H,4-6,19H2,1-2H3,(H2,20,21)(H,27,28)(H,29,30,31)/b23-14-/t10-,12+/m0/s1. The molecular formula is C18H22N6O9S2. The number of carbonyl (C=O) groups excluding carboxylic acids is 2. The van der Waals surface area contributed by atoms with Crippen LogP contribution in [0.25, 0.3) is 0 Å². The lowest BCUT2D eigenvalue weighted by atomic mass is 9.82. The average molecular weight is 531 g/mol. The van der Waals surface area contributed by atoms with Gasteiger partial charge in [0.25, 0.3) is 0 Å². The van der Waals surface area contributed by atoms with E-state index in [4.69, 9.17) is 20.8 Å². The maximum absolute atomic E-state index is 13.1. The van der Waals surface area contributed by atoms with Crippen LogP contribution < -0.4 is 11.5 Å². The zero-order valence-corrected chi connectivity index (χ0v) is 20.1. The number of anilines is 1. The normalized spacial score (nSPS) is 18.9. The maximum atomic E-state index is 13.1. The number of aliphatic carboxylic acids is 1. The molecule has 1 fully saturated rings. The first-order valence-corrected chi connectivity index (χ1v) is 12.2. The van der Waals surface area contributed by atoms with Gasteiger partial charge in [-0.2, -0.15) is 8.42 Å². The Balaban J connectivity index is 1.89. The number of nitrogens with two attached hydrogens (primary N) is 2. The molecule has 1 aliphatic rings. The number of carboxylic acids is 1. The summed E-state index contributed by atoms with van der Waals surface area (Å²) in [6.07, 6.45) is -0.712. The Bertz CT molecular complexity index is 1280. The number of nitrogens with zero attached hydrogens (tertiary/aromatic N) is 4. The van der Waals surface area contributed by atoms with Crippen molar-refractivity contribution in [3.8, 4) is 0 Å². The fourth-order valence-corrected chi connectivity index (χ4v) is 4.67. The molecule has 0 aliphatic carbocycles. The predicted molar refractivity (Wildman–Crippen MR) is 119 cm³/mol. The molecule has 17 heteroatoms. The summed E-state index contributed by atoms with van der Waals surface area (Å²) in [6, 6.07) is 0.298.